The van der Waals surface area contributed by atoms with Gasteiger partial charge in [0.15, 0.2) is 0 Å². The van der Waals surface area contributed by atoms with Crippen molar-refractivity contribution >= 4 is 11.3 Å². The molecule has 120 valence electrons. The average molecular weight is 308 g/mol. The van der Waals surface area contributed by atoms with Gasteiger partial charge < -0.3 is 5.32 Å². The van der Waals surface area contributed by atoms with E-state index >= 15 is 0 Å². The molecule has 2 rings (SSSR count). The molecule has 21 heavy (non-hydrogen) atoms. The van der Waals surface area contributed by atoms with Gasteiger partial charge in [-0.25, -0.2) is 0 Å². The topological polar surface area (TPSA) is 12.0 Å². The predicted octanol–water partition coefficient (Wildman–Crippen LogP) is 5.68. The minimum Gasteiger partial charge on any atom is -0.312 e. The van der Waals surface area contributed by atoms with Gasteiger partial charge in [-0.15, -0.1) is 0 Å². The van der Waals surface area contributed by atoms with Gasteiger partial charge in [0.1, 0.15) is 0 Å². The smallest absolute Gasteiger partial charge is 0.00966 e. The van der Waals surface area contributed by atoms with E-state index in [1.165, 1.54) is 19.3 Å². The first-order chi connectivity index (χ1) is 9.67. The van der Waals surface area contributed by atoms with Gasteiger partial charge in [0.2, 0.25) is 0 Å². The van der Waals surface area contributed by atoms with Crippen molar-refractivity contribution < 1.29 is 0 Å². The fraction of sp³-hybridized carbons (Fsp3) is 0.789. The Bertz CT molecular complexity index is 421. The highest BCUT2D eigenvalue weighted by atomic mass is 32.1. The third kappa shape index (κ3) is 4.82. The van der Waals surface area contributed by atoms with E-state index in [0.29, 0.717) is 5.41 Å². The first-order valence-corrected chi connectivity index (χ1v) is 9.38. The van der Waals surface area contributed by atoms with Gasteiger partial charge in [-0.2, -0.15) is 11.3 Å². The van der Waals surface area contributed by atoms with E-state index < -0.39 is 0 Å². The Morgan fingerprint density at radius 3 is 2.38 bits per heavy atom. The summed E-state index contributed by atoms with van der Waals surface area (Å²) in [6.45, 7) is 15.2. The third-order valence-electron chi connectivity index (χ3n) is 5.08. The van der Waals surface area contributed by atoms with Crippen LogP contribution in [0.2, 0.25) is 0 Å². The van der Waals surface area contributed by atoms with Crippen LogP contribution < -0.4 is 5.32 Å². The van der Waals surface area contributed by atoms with Crippen LogP contribution in [0.1, 0.15) is 72.3 Å². The minimum atomic E-state index is 0.222. The Balaban J connectivity index is 2.10. The third-order valence-corrected chi connectivity index (χ3v) is 5.79. The summed E-state index contributed by atoms with van der Waals surface area (Å²) < 4.78 is 0. The monoisotopic (exact) mass is 307 g/mol. The van der Waals surface area contributed by atoms with E-state index in [1.54, 1.807) is 5.56 Å². The molecule has 1 fully saturated rings. The summed E-state index contributed by atoms with van der Waals surface area (Å²) in [7, 11) is 0. The van der Waals surface area contributed by atoms with Crippen LogP contribution in [0.4, 0.5) is 0 Å². The maximum Gasteiger partial charge on any atom is 0.00966 e. The van der Waals surface area contributed by atoms with E-state index in [-0.39, 0.29) is 5.54 Å². The van der Waals surface area contributed by atoms with Crippen molar-refractivity contribution in [3.63, 3.8) is 0 Å². The molecular weight excluding hydrogens is 274 g/mol. The first kappa shape index (κ1) is 17.0. The Morgan fingerprint density at radius 2 is 1.86 bits per heavy atom. The number of nitrogens with one attached hydrogen (secondary N) is 1. The summed E-state index contributed by atoms with van der Waals surface area (Å²) in [5.41, 5.74) is 2.24. The largest absolute Gasteiger partial charge is 0.312 e. The highest BCUT2D eigenvalue weighted by Gasteiger charge is 2.36. The van der Waals surface area contributed by atoms with Gasteiger partial charge >= 0.3 is 0 Å². The zero-order valence-electron chi connectivity index (χ0n) is 14.7. The lowest BCUT2D eigenvalue weighted by atomic mass is 9.64. The maximum atomic E-state index is 3.74. The molecule has 1 aromatic rings. The second-order valence-corrected chi connectivity index (χ2v) is 9.71. The predicted molar refractivity (Wildman–Crippen MR) is 95.1 cm³/mol. The van der Waals surface area contributed by atoms with E-state index in [1.807, 2.05) is 11.3 Å². The van der Waals surface area contributed by atoms with Crippen LogP contribution in [0.15, 0.2) is 16.8 Å². The lowest BCUT2D eigenvalue weighted by molar-refractivity contribution is 0.126. The highest BCUT2D eigenvalue weighted by Crippen LogP contribution is 2.47. The number of hydrogen-bond acceptors (Lipinski definition) is 2. The molecule has 1 aromatic heterocycles. The molecule has 0 radical (unpaired) electrons. The molecule has 0 amide bonds. The van der Waals surface area contributed by atoms with Crippen molar-refractivity contribution in [2.45, 2.75) is 72.3 Å². The van der Waals surface area contributed by atoms with E-state index in [2.05, 4.69) is 63.7 Å². The molecule has 3 atom stereocenters. The molecule has 0 aliphatic heterocycles. The van der Waals surface area contributed by atoms with E-state index in [4.69, 9.17) is 0 Å². The van der Waals surface area contributed by atoms with Crippen LogP contribution in [-0.4, -0.2) is 12.1 Å². The molecule has 0 bridgehead atoms. The van der Waals surface area contributed by atoms with E-state index in [9.17, 15) is 0 Å². The van der Waals surface area contributed by atoms with Crippen LogP contribution in [0.3, 0.4) is 0 Å². The van der Waals surface area contributed by atoms with Crippen LogP contribution >= 0.6 is 11.3 Å². The quantitative estimate of drug-likeness (QED) is 0.757. The van der Waals surface area contributed by atoms with E-state index in [0.717, 1.165) is 24.3 Å². The number of hydrogen-bond donors (Lipinski definition) is 1. The second-order valence-electron chi connectivity index (χ2n) is 8.93. The lowest BCUT2D eigenvalue weighted by Gasteiger charge is -2.42. The molecule has 1 heterocycles. The molecule has 3 unspecified atom stereocenters. The average Bonchev–Trinajstić information content (AvgIpc) is 2.87. The zero-order chi connectivity index (χ0) is 15.7. The van der Waals surface area contributed by atoms with Crippen molar-refractivity contribution in [2.24, 2.45) is 17.3 Å². The fourth-order valence-electron chi connectivity index (χ4n) is 3.60. The van der Waals surface area contributed by atoms with Crippen LogP contribution in [0.25, 0.3) is 0 Å². The Morgan fingerprint density at radius 1 is 1.14 bits per heavy atom. The van der Waals surface area contributed by atoms with Crippen molar-refractivity contribution in [3.05, 3.63) is 22.4 Å². The molecular formula is C19H33NS. The lowest BCUT2D eigenvalue weighted by Crippen LogP contribution is -2.42. The summed E-state index contributed by atoms with van der Waals surface area (Å²) in [6.07, 6.45) is 4.11. The molecule has 1 nitrogen and oxygen atoms in total. The molecule has 0 saturated heterocycles. The van der Waals surface area contributed by atoms with Crippen LogP contribution in [0.5, 0.6) is 0 Å². The number of thiophene rings is 1. The Kier molecular flexibility index (Phi) is 5.20. The highest BCUT2D eigenvalue weighted by molar-refractivity contribution is 7.07. The SMILES string of the molecule is CC(C)(C)NCC1CCC(C(C)(C)C)CC1c1ccsc1. The van der Waals surface area contributed by atoms with Crippen molar-refractivity contribution in [3.8, 4) is 0 Å². The molecule has 1 saturated carbocycles. The zero-order valence-corrected chi connectivity index (χ0v) is 15.5. The van der Waals surface area contributed by atoms with Gasteiger partial charge in [-0.1, -0.05) is 20.8 Å². The maximum absolute atomic E-state index is 3.74. The minimum absolute atomic E-state index is 0.222. The first-order valence-electron chi connectivity index (χ1n) is 8.44. The summed E-state index contributed by atoms with van der Waals surface area (Å²) in [6, 6.07) is 2.35. The van der Waals surface area contributed by atoms with Gasteiger partial charge in [-0.05, 0) is 92.1 Å². The number of rotatable bonds is 3. The van der Waals surface area contributed by atoms with Gasteiger partial charge in [0.25, 0.3) is 0 Å². The standard InChI is InChI=1S/C19H33NS/c1-18(2,3)16-8-7-14(12-20-19(4,5)6)17(11-16)15-9-10-21-13-15/h9-10,13-14,16-17,20H,7-8,11-12H2,1-6H3. The summed E-state index contributed by atoms with van der Waals surface area (Å²) in [5, 5.41) is 8.36. The molecule has 1 aliphatic rings. The Labute approximate surface area is 135 Å². The fourth-order valence-corrected chi connectivity index (χ4v) is 4.32. The van der Waals surface area contributed by atoms with Crippen molar-refractivity contribution in [1.82, 2.24) is 5.32 Å². The van der Waals surface area contributed by atoms with Crippen LogP contribution in [-0.2, 0) is 0 Å². The molecule has 1 aliphatic carbocycles. The van der Waals surface area contributed by atoms with Crippen molar-refractivity contribution in [1.29, 1.82) is 0 Å². The Hall–Kier alpha value is -0.340. The molecule has 1 N–H and O–H groups in total. The molecule has 0 aromatic carbocycles. The summed E-state index contributed by atoms with van der Waals surface area (Å²) in [5.74, 6) is 2.38. The van der Waals surface area contributed by atoms with Gasteiger partial charge in [0, 0.05) is 5.54 Å². The summed E-state index contributed by atoms with van der Waals surface area (Å²) in [4.78, 5) is 0. The normalized spacial score (nSPS) is 27.8. The second kappa shape index (κ2) is 6.42. The van der Waals surface area contributed by atoms with Gasteiger partial charge in [0.05, 0.1) is 0 Å². The molecule has 2 heteroatoms. The summed E-state index contributed by atoms with van der Waals surface area (Å²) >= 11 is 1.85. The van der Waals surface area contributed by atoms with Gasteiger partial charge in [-0.3, -0.25) is 0 Å². The van der Waals surface area contributed by atoms with Crippen LogP contribution in [0, 0.1) is 17.3 Å². The molecule has 0 spiro atoms. The van der Waals surface area contributed by atoms with Crippen molar-refractivity contribution in [2.75, 3.05) is 6.54 Å².